The topological polar surface area (TPSA) is 63.7 Å². The quantitative estimate of drug-likeness (QED) is 0.923. The van der Waals surface area contributed by atoms with Crippen LogP contribution in [0.15, 0.2) is 12.3 Å². The van der Waals surface area contributed by atoms with Crippen LogP contribution in [0.3, 0.4) is 0 Å². The third-order valence-corrected chi connectivity index (χ3v) is 3.52. The van der Waals surface area contributed by atoms with Crippen LogP contribution in [0, 0.1) is 0 Å². The van der Waals surface area contributed by atoms with Gasteiger partial charge in [0.25, 0.3) is 0 Å². The predicted octanol–water partition coefficient (Wildman–Crippen LogP) is 3.16. The van der Waals surface area contributed by atoms with Crippen molar-refractivity contribution in [1.82, 2.24) is 9.88 Å². The molecular formula is C15H22ClN3O3. The van der Waals surface area contributed by atoms with Gasteiger partial charge in [-0.3, -0.25) is 0 Å². The van der Waals surface area contributed by atoms with Crippen molar-refractivity contribution in [2.45, 2.75) is 38.8 Å². The Morgan fingerprint density at radius 3 is 2.86 bits per heavy atom. The first-order chi connectivity index (χ1) is 10.3. The number of amides is 1. The zero-order valence-electron chi connectivity index (χ0n) is 13.4. The first kappa shape index (κ1) is 16.7. The molecule has 0 radical (unpaired) electrons. The Bertz CT molecular complexity index is 545. The molecule has 22 heavy (non-hydrogen) atoms. The van der Waals surface area contributed by atoms with E-state index in [9.17, 15) is 4.79 Å². The van der Waals surface area contributed by atoms with Gasteiger partial charge in [-0.2, -0.15) is 0 Å². The molecule has 122 valence electrons. The molecule has 7 heteroatoms. The summed E-state index contributed by atoms with van der Waals surface area (Å²) in [5.74, 6) is 1.25. The fourth-order valence-electron chi connectivity index (χ4n) is 2.24. The molecule has 0 saturated carbocycles. The number of pyridine rings is 1. The Morgan fingerprint density at radius 2 is 2.23 bits per heavy atom. The van der Waals surface area contributed by atoms with Gasteiger partial charge in [0.2, 0.25) is 0 Å². The van der Waals surface area contributed by atoms with Crippen molar-refractivity contribution in [1.29, 1.82) is 0 Å². The Labute approximate surface area is 135 Å². The first-order valence-electron chi connectivity index (χ1n) is 7.22. The van der Waals surface area contributed by atoms with Crippen LogP contribution in [0.1, 0.15) is 27.2 Å². The van der Waals surface area contributed by atoms with Gasteiger partial charge in [-0.1, -0.05) is 11.6 Å². The number of carbonyl (C=O) groups is 1. The van der Waals surface area contributed by atoms with Gasteiger partial charge in [-0.15, -0.1) is 0 Å². The van der Waals surface area contributed by atoms with Gasteiger partial charge < -0.3 is 19.7 Å². The maximum atomic E-state index is 12.0. The summed E-state index contributed by atoms with van der Waals surface area (Å²) >= 11 is 5.95. The van der Waals surface area contributed by atoms with E-state index in [1.54, 1.807) is 24.3 Å². The minimum atomic E-state index is -0.478. The normalized spacial score (nSPS) is 18.2. The molecule has 1 aromatic rings. The van der Waals surface area contributed by atoms with Gasteiger partial charge >= 0.3 is 6.09 Å². The lowest BCUT2D eigenvalue weighted by Gasteiger charge is -2.24. The summed E-state index contributed by atoms with van der Waals surface area (Å²) in [5.41, 5.74) is -0.478. The van der Waals surface area contributed by atoms with Crippen LogP contribution >= 0.6 is 11.6 Å². The van der Waals surface area contributed by atoms with Crippen LogP contribution in [0.4, 0.5) is 10.6 Å². The van der Waals surface area contributed by atoms with Crippen LogP contribution in [-0.4, -0.2) is 47.8 Å². The zero-order chi connectivity index (χ0) is 16.3. The lowest BCUT2D eigenvalue weighted by Crippen LogP contribution is -2.36. The number of anilines is 1. The van der Waals surface area contributed by atoms with Crippen LogP contribution in [-0.2, 0) is 4.74 Å². The summed E-state index contributed by atoms with van der Waals surface area (Å²) in [7, 11) is 1.56. The molecule has 2 rings (SSSR count). The largest absolute Gasteiger partial charge is 0.495 e. The second-order valence-corrected chi connectivity index (χ2v) is 6.67. The highest BCUT2D eigenvalue weighted by Crippen LogP contribution is 2.26. The van der Waals surface area contributed by atoms with E-state index in [0.29, 0.717) is 29.7 Å². The van der Waals surface area contributed by atoms with E-state index in [2.05, 4.69) is 10.3 Å². The number of methoxy groups -OCH3 is 1. The zero-order valence-corrected chi connectivity index (χ0v) is 14.1. The van der Waals surface area contributed by atoms with Crippen molar-refractivity contribution in [3.05, 3.63) is 17.3 Å². The predicted molar refractivity (Wildman–Crippen MR) is 85.6 cm³/mol. The number of hydrogen-bond donors (Lipinski definition) is 1. The van der Waals surface area contributed by atoms with Crippen molar-refractivity contribution in [3.8, 4) is 5.75 Å². The number of ether oxygens (including phenoxy) is 2. The summed E-state index contributed by atoms with van der Waals surface area (Å²) in [5, 5.41) is 3.76. The average molecular weight is 328 g/mol. The van der Waals surface area contributed by atoms with Crippen LogP contribution in [0.5, 0.6) is 5.75 Å². The molecule has 2 heterocycles. The van der Waals surface area contributed by atoms with Crippen LogP contribution in [0.25, 0.3) is 0 Å². The Hall–Kier alpha value is -1.69. The maximum Gasteiger partial charge on any atom is 0.410 e. The molecule has 0 bridgehead atoms. The molecule has 1 N–H and O–H groups in total. The fourth-order valence-corrected chi connectivity index (χ4v) is 2.42. The summed E-state index contributed by atoms with van der Waals surface area (Å²) < 4.78 is 10.5. The minimum Gasteiger partial charge on any atom is -0.495 e. The number of likely N-dealkylation sites (tertiary alicyclic amines) is 1. The minimum absolute atomic E-state index is 0.130. The van der Waals surface area contributed by atoms with Gasteiger partial charge in [0.15, 0.2) is 0 Å². The highest BCUT2D eigenvalue weighted by Gasteiger charge is 2.29. The standard InChI is InChI=1S/C15H22ClN3O3/c1-15(2,3)22-14(20)19-6-5-10(9-19)18-13-7-12(21-4)11(16)8-17-13/h7-8,10H,5-6,9H2,1-4H3,(H,17,18)/t10-/m1/s1. The monoisotopic (exact) mass is 327 g/mol. The Kier molecular flexibility index (Phi) is 5.01. The number of nitrogens with one attached hydrogen (secondary N) is 1. The van der Waals surface area contributed by atoms with Gasteiger partial charge in [-0.05, 0) is 27.2 Å². The van der Waals surface area contributed by atoms with E-state index in [4.69, 9.17) is 21.1 Å². The maximum absolute atomic E-state index is 12.0. The molecule has 1 aliphatic rings. The third kappa shape index (κ3) is 4.40. The molecule has 0 aromatic carbocycles. The number of halogens is 1. The Balaban J connectivity index is 1.92. The molecule has 6 nitrogen and oxygen atoms in total. The van der Waals surface area contributed by atoms with E-state index in [1.807, 2.05) is 20.8 Å². The van der Waals surface area contributed by atoms with Crippen LogP contribution < -0.4 is 10.1 Å². The first-order valence-corrected chi connectivity index (χ1v) is 7.60. The van der Waals surface area contributed by atoms with Crippen LogP contribution in [0.2, 0.25) is 5.02 Å². The highest BCUT2D eigenvalue weighted by molar-refractivity contribution is 6.31. The molecule has 1 aliphatic heterocycles. The van der Waals surface area contributed by atoms with Gasteiger partial charge in [0, 0.05) is 25.2 Å². The summed E-state index contributed by atoms with van der Waals surface area (Å²) in [6.07, 6.45) is 2.10. The van der Waals surface area contributed by atoms with Gasteiger partial charge in [-0.25, -0.2) is 9.78 Å². The lowest BCUT2D eigenvalue weighted by molar-refractivity contribution is 0.0293. The van der Waals surface area contributed by atoms with E-state index < -0.39 is 5.60 Å². The van der Waals surface area contributed by atoms with Crippen molar-refractivity contribution in [2.24, 2.45) is 0 Å². The summed E-state index contributed by atoms with van der Waals surface area (Å²) in [4.78, 5) is 18.0. The molecule has 0 unspecified atom stereocenters. The van der Waals surface area contributed by atoms with E-state index in [0.717, 1.165) is 6.42 Å². The average Bonchev–Trinajstić information content (AvgIpc) is 2.87. The SMILES string of the molecule is COc1cc(N[C@@H]2CCN(C(=O)OC(C)(C)C)C2)ncc1Cl. The fraction of sp³-hybridized carbons (Fsp3) is 0.600. The molecular weight excluding hydrogens is 306 g/mol. The second kappa shape index (κ2) is 6.60. The Morgan fingerprint density at radius 1 is 1.50 bits per heavy atom. The smallest absolute Gasteiger partial charge is 0.410 e. The van der Waals surface area contributed by atoms with Gasteiger partial charge in [0.05, 0.1) is 13.3 Å². The summed E-state index contributed by atoms with van der Waals surface area (Å²) in [6.45, 7) is 6.83. The van der Waals surface area contributed by atoms with E-state index >= 15 is 0 Å². The molecule has 1 aromatic heterocycles. The summed E-state index contributed by atoms with van der Waals surface area (Å²) in [6, 6.07) is 1.88. The molecule has 1 fully saturated rings. The third-order valence-electron chi connectivity index (χ3n) is 3.23. The van der Waals surface area contributed by atoms with Crippen molar-refractivity contribution in [2.75, 3.05) is 25.5 Å². The number of carbonyl (C=O) groups excluding carboxylic acids is 1. The molecule has 1 saturated heterocycles. The van der Waals surface area contributed by atoms with Gasteiger partial charge in [0.1, 0.15) is 22.2 Å². The van der Waals surface area contributed by atoms with E-state index in [-0.39, 0.29) is 12.1 Å². The van der Waals surface area contributed by atoms with E-state index in [1.165, 1.54) is 0 Å². The number of hydrogen-bond acceptors (Lipinski definition) is 5. The second-order valence-electron chi connectivity index (χ2n) is 6.26. The molecule has 0 spiro atoms. The highest BCUT2D eigenvalue weighted by atomic mass is 35.5. The number of aromatic nitrogens is 1. The number of rotatable bonds is 3. The number of nitrogens with zero attached hydrogens (tertiary/aromatic N) is 2. The van der Waals surface area contributed by atoms with Crippen molar-refractivity contribution in [3.63, 3.8) is 0 Å². The molecule has 0 aliphatic carbocycles. The van der Waals surface area contributed by atoms with Crippen molar-refractivity contribution >= 4 is 23.5 Å². The lowest BCUT2D eigenvalue weighted by atomic mass is 10.2. The molecule has 1 amide bonds. The molecule has 1 atom stereocenters. The van der Waals surface area contributed by atoms with Crippen molar-refractivity contribution < 1.29 is 14.3 Å².